The second-order valence-corrected chi connectivity index (χ2v) is 14.0. The fraction of sp³-hybridized carbons (Fsp3) is 0.486. The maximum absolute atomic E-state index is 14.1. The van der Waals surface area contributed by atoms with E-state index in [0.717, 1.165) is 51.7 Å². The van der Waals surface area contributed by atoms with E-state index in [4.69, 9.17) is 30.8 Å². The van der Waals surface area contributed by atoms with Gasteiger partial charge in [0.05, 0.1) is 30.5 Å². The zero-order chi connectivity index (χ0) is 32.9. The van der Waals surface area contributed by atoms with E-state index in [1.807, 2.05) is 36.4 Å². The third-order valence-electron chi connectivity index (χ3n) is 11.1. The number of amides is 1. The van der Waals surface area contributed by atoms with Gasteiger partial charge >= 0.3 is 5.97 Å². The summed E-state index contributed by atoms with van der Waals surface area (Å²) in [5, 5.41) is 14.2. The highest BCUT2D eigenvalue weighted by atomic mass is 35.5. The van der Waals surface area contributed by atoms with Crippen LogP contribution in [0.4, 0.5) is 0 Å². The molecule has 1 unspecified atom stereocenters. The third-order valence-corrected chi connectivity index (χ3v) is 11.4. The van der Waals surface area contributed by atoms with E-state index in [0.29, 0.717) is 56.5 Å². The van der Waals surface area contributed by atoms with Crippen molar-refractivity contribution in [3.63, 3.8) is 0 Å². The molecule has 4 aliphatic carbocycles. The van der Waals surface area contributed by atoms with Crippen LogP contribution in [0.5, 0.6) is 17.2 Å². The summed E-state index contributed by atoms with van der Waals surface area (Å²) < 4.78 is 17.9. The Hall–Kier alpha value is -3.82. The molecule has 9 nitrogen and oxygen atoms in total. The standard InChI is InChI=1S/C37H42ClN3O6/c1-4-41-13-12-26(20-41)47-32-19-23(8-10-28(32)38)34-27(33-30(45-2)6-5-7-31(33)46-3)9-11-29(39-34)35(42)40-37(36(43)44)24-15-21-14-22(17-24)18-25(37)16-21/h5-11,19,21-22,24-26H,4,12-18,20H2,1-3H3,(H,40,42)(H,43,44). The number of aliphatic carboxylic acids is 1. The number of ether oxygens (including phenoxy) is 3. The predicted octanol–water partition coefficient (Wildman–Crippen LogP) is 6.57. The average Bonchev–Trinajstić information content (AvgIpc) is 3.53. The van der Waals surface area contributed by atoms with Crippen molar-refractivity contribution in [1.29, 1.82) is 0 Å². The molecule has 1 saturated heterocycles. The van der Waals surface area contributed by atoms with Gasteiger partial charge in [-0.2, -0.15) is 0 Å². The molecule has 2 aromatic carbocycles. The van der Waals surface area contributed by atoms with Crippen LogP contribution in [-0.2, 0) is 4.79 Å². The Morgan fingerprint density at radius 3 is 2.26 bits per heavy atom. The number of carbonyl (C=O) groups is 2. The summed E-state index contributed by atoms with van der Waals surface area (Å²) in [6.45, 7) is 4.89. The van der Waals surface area contributed by atoms with E-state index < -0.39 is 17.4 Å². The van der Waals surface area contributed by atoms with Crippen molar-refractivity contribution < 1.29 is 28.9 Å². The molecule has 1 atom stereocenters. The van der Waals surface area contributed by atoms with Crippen molar-refractivity contribution in [2.45, 2.75) is 57.1 Å². The van der Waals surface area contributed by atoms with Gasteiger partial charge in [0.2, 0.25) is 0 Å². The van der Waals surface area contributed by atoms with Gasteiger partial charge in [0.25, 0.3) is 5.91 Å². The third kappa shape index (κ3) is 5.61. The molecule has 1 aromatic heterocycles. The number of aromatic nitrogens is 1. The van der Waals surface area contributed by atoms with Crippen LogP contribution in [0, 0.1) is 23.7 Å². The molecule has 5 fully saturated rings. The second-order valence-electron chi connectivity index (χ2n) is 13.6. The molecule has 2 N–H and O–H groups in total. The lowest BCUT2D eigenvalue weighted by Crippen LogP contribution is -2.70. The molecular formula is C37H42ClN3O6. The normalized spacial score (nSPS) is 27.9. The summed E-state index contributed by atoms with van der Waals surface area (Å²) in [6, 6.07) is 14.5. The Balaban J connectivity index is 1.30. The molecule has 0 radical (unpaired) electrons. The SMILES string of the molecule is CCN1CCC(Oc2cc(-c3nc(C(=O)NC4(C(=O)O)C5CC6CC(C5)CC4C6)ccc3-c3c(OC)cccc3OC)ccc2Cl)C1. The van der Waals surface area contributed by atoms with Crippen molar-refractivity contribution in [1.82, 2.24) is 15.2 Å². The highest BCUT2D eigenvalue weighted by molar-refractivity contribution is 6.32. The number of carbonyl (C=O) groups excluding carboxylic acids is 1. The first-order valence-electron chi connectivity index (χ1n) is 16.7. The number of rotatable bonds is 10. The number of carboxylic acids is 1. The number of carboxylic acid groups (broad SMARTS) is 1. The van der Waals surface area contributed by atoms with E-state index >= 15 is 0 Å². The molecule has 10 heteroatoms. The molecule has 1 aliphatic heterocycles. The van der Waals surface area contributed by atoms with Gasteiger partial charge < -0.3 is 24.6 Å². The van der Waals surface area contributed by atoms with Crippen molar-refractivity contribution in [3.05, 3.63) is 59.2 Å². The fourth-order valence-electron chi connectivity index (χ4n) is 9.01. The van der Waals surface area contributed by atoms with Gasteiger partial charge in [0, 0.05) is 24.2 Å². The van der Waals surface area contributed by atoms with Gasteiger partial charge in [-0.15, -0.1) is 0 Å². The van der Waals surface area contributed by atoms with Gasteiger partial charge in [-0.05, 0) is 105 Å². The maximum Gasteiger partial charge on any atom is 0.330 e. The Bertz CT molecular complexity index is 1640. The lowest BCUT2D eigenvalue weighted by Gasteiger charge is -2.59. The molecule has 248 valence electrons. The first kappa shape index (κ1) is 31.8. The van der Waals surface area contributed by atoms with Crippen molar-refractivity contribution in [3.8, 4) is 39.6 Å². The lowest BCUT2D eigenvalue weighted by atomic mass is 9.48. The Kier molecular flexibility index (Phi) is 8.55. The summed E-state index contributed by atoms with van der Waals surface area (Å²) in [6.07, 6.45) is 5.46. The summed E-state index contributed by atoms with van der Waals surface area (Å²) >= 11 is 6.66. The number of benzene rings is 2. The average molecular weight is 660 g/mol. The number of hydrogen-bond acceptors (Lipinski definition) is 7. The van der Waals surface area contributed by atoms with Crippen molar-refractivity contribution in [2.75, 3.05) is 33.9 Å². The van der Waals surface area contributed by atoms with Crippen LogP contribution in [0.3, 0.4) is 0 Å². The van der Waals surface area contributed by atoms with E-state index in [-0.39, 0.29) is 23.6 Å². The monoisotopic (exact) mass is 659 g/mol. The predicted molar refractivity (Wildman–Crippen MR) is 179 cm³/mol. The quantitative estimate of drug-likeness (QED) is 0.252. The molecule has 4 bridgehead atoms. The molecule has 2 heterocycles. The Morgan fingerprint density at radius 1 is 0.979 bits per heavy atom. The van der Waals surface area contributed by atoms with Gasteiger partial charge in [-0.1, -0.05) is 30.7 Å². The number of nitrogens with one attached hydrogen (secondary N) is 1. The smallest absolute Gasteiger partial charge is 0.330 e. The van der Waals surface area contributed by atoms with E-state index in [1.165, 1.54) is 6.42 Å². The van der Waals surface area contributed by atoms with E-state index in [1.54, 1.807) is 26.4 Å². The lowest BCUT2D eigenvalue weighted by molar-refractivity contribution is -0.163. The number of halogens is 1. The molecule has 47 heavy (non-hydrogen) atoms. The minimum Gasteiger partial charge on any atom is -0.496 e. The highest BCUT2D eigenvalue weighted by Crippen LogP contribution is 2.58. The van der Waals surface area contributed by atoms with Crippen LogP contribution < -0.4 is 19.5 Å². The van der Waals surface area contributed by atoms with Crippen LogP contribution in [-0.4, -0.2) is 72.4 Å². The summed E-state index contributed by atoms with van der Waals surface area (Å²) in [5.74, 6) is 1.23. The minimum atomic E-state index is -1.29. The zero-order valence-corrected chi connectivity index (χ0v) is 27.9. The van der Waals surface area contributed by atoms with Gasteiger partial charge in [0.1, 0.15) is 34.6 Å². The number of nitrogens with zero attached hydrogens (tertiary/aromatic N) is 2. The Labute approximate surface area is 280 Å². The van der Waals surface area contributed by atoms with E-state index in [2.05, 4.69) is 17.1 Å². The molecule has 4 saturated carbocycles. The first-order chi connectivity index (χ1) is 22.7. The fourth-order valence-corrected chi connectivity index (χ4v) is 9.17. The molecule has 0 spiro atoms. The zero-order valence-electron chi connectivity index (χ0n) is 27.1. The summed E-state index contributed by atoms with van der Waals surface area (Å²) in [4.78, 5) is 34.4. The number of pyridine rings is 1. The number of likely N-dealkylation sites (N-methyl/N-ethyl adjacent to an activating group) is 1. The van der Waals surface area contributed by atoms with Gasteiger partial charge in [0.15, 0.2) is 0 Å². The van der Waals surface area contributed by atoms with Crippen molar-refractivity contribution >= 4 is 23.5 Å². The van der Waals surface area contributed by atoms with Crippen LogP contribution >= 0.6 is 11.6 Å². The van der Waals surface area contributed by atoms with Crippen LogP contribution in [0.25, 0.3) is 22.4 Å². The molecule has 8 rings (SSSR count). The molecule has 1 amide bonds. The van der Waals surface area contributed by atoms with Crippen molar-refractivity contribution in [2.24, 2.45) is 23.7 Å². The van der Waals surface area contributed by atoms with Gasteiger partial charge in [-0.25, -0.2) is 9.78 Å². The second kappa shape index (κ2) is 12.7. The first-order valence-corrected chi connectivity index (χ1v) is 17.1. The van der Waals surface area contributed by atoms with Crippen LogP contribution in [0.1, 0.15) is 55.9 Å². The summed E-state index contributed by atoms with van der Waals surface area (Å²) in [7, 11) is 3.19. The van der Waals surface area contributed by atoms with Crippen LogP contribution in [0.2, 0.25) is 5.02 Å². The topological polar surface area (TPSA) is 110 Å². The Morgan fingerprint density at radius 2 is 1.66 bits per heavy atom. The largest absolute Gasteiger partial charge is 0.496 e. The summed E-state index contributed by atoms with van der Waals surface area (Å²) in [5.41, 5.74) is 1.41. The maximum atomic E-state index is 14.1. The number of methoxy groups -OCH3 is 2. The van der Waals surface area contributed by atoms with E-state index in [9.17, 15) is 14.7 Å². The molecule has 5 aliphatic rings. The highest BCUT2D eigenvalue weighted by Gasteiger charge is 2.62. The number of hydrogen-bond donors (Lipinski definition) is 2. The number of likely N-dealkylation sites (tertiary alicyclic amines) is 1. The molecular weight excluding hydrogens is 618 g/mol. The minimum absolute atomic E-state index is 0.00902. The molecule has 3 aromatic rings. The van der Waals surface area contributed by atoms with Crippen LogP contribution in [0.15, 0.2) is 48.5 Å². The van der Waals surface area contributed by atoms with Gasteiger partial charge in [-0.3, -0.25) is 9.69 Å².